The second-order valence-corrected chi connectivity index (χ2v) is 3.21. The fourth-order valence-electron chi connectivity index (χ4n) is 1.20. The molecule has 80 valence electrons. The predicted octanol–water partition coefficient (Wildman–Crippen LogP) is 0.818. The van der Waals surface area contributed by atoms with Crippen molar-refractivity contribution in [2.75, 3.05) is 0 Å². The first-order valence-electron chi connectivity index (χ1n) is 4.67. The second-order valence-electron chi connectivity index (χ2n) is 3.21. The summed E-state index contributed by atoms with van der Waals surface area (Å²) < 4.78 is 0. The molecule has 1 aromatic carbocycles. The van der Waals surface area contributed by atoms with Gasteiger partial charge in [-0.1, -0.05) is 30.3 Å². The van der Waals surface area contributed by atoms with Gasteiger partial charge in [0.15, 0.2) is 0 Å². The molecule has 0 fully saturated rings. The number of rotatable bonds is 6. The van der Waals surface area contributed by atoms with Crippen LogP contribution in [0.5, 0.6) is 0 Å². The lowest BCUT2D eigenvalue weighted by atomic mass is 10.2. The number of hydrogen-bond donors (Lipinski definition) is 2. The Hall–Kier alpha value is -1.68. The van der Waals surface area contributed by atoms with Gasteiger partial charge in [0, 0.05) is 6.54 Å². The zero-order chi connectivity index (χ0) is 11.1. The number of benzene rings is 1. The van der Waals surface area contributed by atoms with Crippen molar-refractivity contribution in [2.24, 2.45) is 0 Å². The maximum absolute atomic E-state index is 10.5. The van der Waals surface area contributed by atoms with Crippen LogP contribution in [-0.2, 0) is 16.1 Å². The van der Waals surface area contributed by atoms with Crippen LogP contribution in [0.2, 0.25) is 0 Å². The molecule has 1 atom stereocenters. The number of carbonyl (C=O) groups is 2. The van der Waals surface area contributed by atoms with Crippen molar-refractivity contribution in [3.05, 3.63) is 35.9 Å². The Morgan fingerprint density at radius 1 is 1.40 bits per heavy atom. The van der Waals surface area contributed by atoms with Gasteiger partial charge in [-0.05, 0) is 5.56 Å². The van der Waals surface area contributed by atoms with Gasteiger partial charge in [0.2, 0.25) is 0 Å². The Morgan fingerprint density at radius 3 is 2.60 bits per heavy atom. The van der Waals surface area contributed by atoms with Gasteiger partial charge in [-0.15, -0.1) is 0 Å². The molecule has 0 radical (unpaired) electrons. The third kappa shape index (κ3) is 4.37. The highest BCUT2D eigenvalue weighted by Gasteiger charge is 2.10. The molecule has 0 aliphatic heterocycles. The van der Waals surface area contributed by atoms with Crippen molar-refractivity contribution in [1.29, 1.82) is 0 Å². The first kappa shape index (κ1) is 11.4. The van der Waals surface area contributed by atoms with Crippen molar-refractivity contribution < 1.29 is 14.7 Å². The van der Waals surface area contributed by atoms with Crippen LogP contribution in [0, 0.1) is 0 Å². The number of hydrogen-bond acceptors (Lipinski definition) is 3. The number of carboxylic acids is 1. The largest absolute Gasteiger partial charge is 0.481 e. The molecule has 1 aromatic rings. The summed E-state index contributed by atoms with van der Waals surface area (Å²) in [6.45, 7) is 0.498. The van der Waals surface area contributed by atoms with Gasteiger partial charge < -0.3 is 15.2 Å². The summed E-state index contributed by atoms with van der Waals surface area (Å²) in [6.07, 6.45) is 0.438. The molecule has 0 amide bonds. The smallest absolute Gasteiger partial charge is 0.305 e. The third-order valence-electron chi connectivity index (χ3n) is 1.97. The van der Waals surface area contributed by atoms with Crippen LogP contribution < -0.4 is 5.32 Å². The molecule has 0 saturated carbocycles. The van der Waals surface area contributed by atoms with E-state index in [2.05, 4.69) is 5.32 Å². The molecular weight excluding hydrogens is 194 g/mol. The van der Waals surface area contributed by atoms with Gasteiger partial charge in [0.25, 0.3) is 0 Å². The maximum atomic E-state index is 10.5. The summed E-state index contributed by atoms with van der Waals surface area (Å²) >= 11 is 0. The molecule has 0 saturated heterocycles. The summed E-state index contributed by atoms with van der Waals surface area (Å²) in [6, 6.07) is 8.89. The molecule has 0 spiro atoms. The molecule has 0 bridgehead atoms. The molecule has 0 aromatic heterocycles. The van der Waals surface area contributed by atoms with E-state index in [1.54, 1.807) is 0 Å². The molecular formula is C11H13NO3. The SMILES string of the molecule is O=CC(CC(=O)O)NCc1ccccc1. The van der Waals surface area contributed by atoms with Crippen molar-refractivity contribution in [3.8, 4) is 0 Å². The monoisotopic (exact) mass is 207 g/mol. The molecule has 4 heteroatoms. The van der Waals surface area contributed by atoms with E-state index in [1.807, 2.05) is 30.3 Å². The summed E-state index contributed by atoms with van der Waals surface area (Å²) in [7, 11) is 0. The lowest BCUT2D eigenvalue weighted by Crippen LogP contribution is -2.32. The first-order chi connectivity index (χ1) is 7.22. The highest BCUT2D eigenvalue weighted by atomic mass is 16.4. The van der Waals surface area contributed by atoms with Crippen molar-refractivity contribution in [1.82, 2.24) is 5.32 Å². The zero-order valence-electron chi connectivity index (χ0n) is 8.22. The van der Waals surface area contributed by atoms with E-state index in [0.717, 1.165) is 5.56 Å². The summed E-state index contributed by atoms with van der Waals surface area (Å²) in [5.74, 6) is -0.979. The lowest BCUT2D eigenvalue weighted by molar-refractivity contribution is -0.138. The maximum Gasteiger partial charge on any atom is 0.305 e. The minimum atomic E-state index is -0.979. The Kier molecular flexibility index (Phi) is 4.50. The van der Waals surface area contributed by atoms with Gasteiger partial charge in [-0.3, -0.25) is 4.79 Å². The Morgan fingerprint density at radius 2 is 2.07 bits per heavy atom. The molecule has 1 unspecified atom stereocenters. The van der Waals surface area contributed by atoms with E-state index in [0.29, 0.717) is 12.8 Å². The minimum Gasteiger partial charge on any atom is -0.481 e. The number of carboxylic acid groups (broad SMARTS) is 1. The van der Waals surface area contributed by atoms with E-state index < -0.39 is 12.0 Å². The third-order valence-corrected chi connectivity index (χ3v) is 1.97. The van der Waals surface area contributed by atoms with Crippen LogP contribution in [0.25, 0.3) is 0 Å². The highest BCUT2D eigenvalue weighted by molar-refractivity contribution is 5.73. The van der Waals surface area contributed by atoms with Crippen LogP contribution in [0.15, 0.2) is 30.3 Å². The molecule has 15 heavy (non-hydrogen) atoms. The van der Waals surface area contributed by atoms with Crippen LogP contribution in [0.3, 0.4) is 0 Å². The quantitative estimate of drug-likeness (QED) is 0.678. The Bertz CT molecular complexity index is 324. The molecule has 0 aliphatic rings. The normalized spacial score (nSPS) is 12.0. The van der Waals surface area contributed by atoms with Crippen LogP contribution in [0.1, 0.15) is 12.0 Å². The van der Waals surface area contributed by atoms with Gasteiger partial charge in [-0.2, -0.15) is 0 Å². The van der Waals surface area contributed by atoms with E-state index in [4.69, 9.17) is 5.11 Å². The summed E-state index contributed by atoms with van der Waals surface area (Å²) in [4.78, 5) is 20.9. The predicted molar refractivity (Wildman–Crippen MR) is 55.4 cm³/mol. The lowest BCUT2D eigenvalue weighted by Gasteiger charge is -2.09. The molecule has 4 nitrogen and oxygen atoms in total. The van der Waals surface area contributed by atoms with Crippen molar-refractivity contribution in [2.45, 2.75) is 19.0 Å². The van der Waals surface area contributed by atoms with E-state index in [1.165, 1.54) is 0 Å². The Labute approximate surface area is 87.9 Å². The average Bonchev–Trinajstić information content (AvgIpc) is 2.25. The Balaban J connectivity index is 2.41. The second kappa shape index (κ2) is 5.93. The summed E-state index contributed by atoms with van der Waals surface area (Å²) in [5.41, 5.74) is 1.02. The van der Waals surface area contributed by atoms with E-state index >= 15 is 0 Å². The number of aldehydes is 1. The van der Waals surface area contributed by atoms with Crippen LogP contribution >= 0.6 is 0 Å². The fourth-order valence-corrected chi connectivity index (χ4v) is 1.20. The topological polar surface area (TPSA) is 66.4 Å². The minimum absolute atomic E-state index is 0.184. The number of nitrogens with one attached hydrogen (secondary N) is 1. The van der Waals surface area contributed by atoms with Crippen LogP contribution in [0.4, 0.5) is 0 Å². The average molecular weight is 207 g/mol. The molecule has 0 aliphatic carbocycles. The van der Waals surface area contributed by atoms with Crippen molar-refractivity contribution >= 4 is 12.3 Å². The van der Waals surface area contributed by atoms with E-state index in [-0.39, 0.29) is 6.42 Å². The van der Waals surface area contributed by atoms with E-state index in [9.17, 15) is 9.59 Å². The van der Waals surface area contributed by atoms with Crippen molar-refractivity contribution in [3.63, 3.8) is 0 Å². The van der Waals surface area contributed by atoms with Gasteiger partial charge >= 0.3 is 5.97 Å². The zero-order valence-corrected chi connectivity index (χ0v) is 8.22. The standard InChI is InChI=1S/C11H13NO3/c13-8-10(6-11(14)15)12-7-9-4-2-1-3-5-9/h1-5,8,10,12H,6-7H2,(H,14,15). The van der Waals surface area contributed by atoms with Gasteiger partial charge in [0.1, 0.15) is 6.29 Å². The molecule has 2 N–H and O–H groups in total. The number of aliphatic carboxylic acids is 1. The highest BCUT2D eigenvalue weighted by Crippen LogP contribution is 1.98. The summed E-state index contributed by atoms with van der Waals surface area (Å²) in [5, 5.41) is 11.4. The molecule has 0 heterocycles. The number of carbonyl (C=O) groups excluding carboxylic acids is 1. The first-order valence-corrected chi connectivity index (χ1v) is 4.67. The molecule has 1 rings (SSSR count). The fraction of sp³-hybridized carbons (Fsp3) is 0.273. The van der Waals surface area contributed by atoms with Gasteiger partial charge in [0.05, 0.1) is 12.5 Å². The van der Waals surface area contributed by atoms with Crippen LogP contribution in [-0.4, -0.2) is 23.4 Å². The van der Waals surface area contributed by atoms with Gasteiger partial charge in [-0.25, -0.2) is 0 Å².